The van der Waals surface area contributed by atoms with Gasteiger partial charge in [-0.25, -0.2) is 0 Å². The van der Waals surface area contributed by atoms with Crippen LogP contribution in [0.1, 0.15) is 23.5 Å². The van der Waals surface area contributed by atoms with Crippen molar-refractivity contribution in [2.24, 2.45) is 5.92 Å². The van der Waals surface area contributed by atoms with Gasteiger partial charge in [-0.2, -0.15) is 0 Å². The fourth-order valence-corrected chi connectivity index (χ4v) is 3.67. The van der Waals surface area contributed by atoms with Gasteiger partial charge in [0.05, 0.1) is 0 Å². The minimum absolute atomic E-state index is 0.336. The molecule has 2 aliphatic heterocycles. The van der Waals surface area contributed by atoms with E-state index in [0.717, 1.165) is 11.1 Å². The minimum Gasteiger partial charge on any atom is -0.481 e. The van der Waals surface area contributed by atoms with Gasteiger partial charge >= 0.3 is 5.97 Å². The van der Waals surface area contributed by atoms with Crippen molar-refractivity contribution in [1.29, 1.82) is 0 Å². The quantitative estimate of drug-likeness (QED) is 0.882. The Bertz CT molecular complexity index is 789. The Kier molecular flexibility index (Phi) is 3.49. The summed E-state index contributed by atoms with van der Waals surface area (Å²) >= 11 is 0. The molecule has 3 atom stereocenters. The zero-order chi connectivity index (χ0) is 16.7. The summed E-state index contributed by atoms with van der Waals surface area (Å²) in [6.07, 6.45) is 0.0835. The van der Waals surface area contributed by atoms with E-state index in [4.69, 9.17) is 4.74 Å². The molecule has 0 radical (unpaired) electrons. The van der Waals surface area contributed by atoms with E-state index >= 15 is 0 Å². The van der Waals surface area contributed by atoms with Gasteiger partial charge in [-0.3, -0.25) is 9.59 Å². The summed E-state index contributed by atoms with van der Waals surface area (Å²) < 4.78 is 6.00. The fourth-order valence-electron chi connectivity index (χ4n) is 3.67. The van der Waals surface area contributed by atoms with Crippen LogP contribution in [0.15, 0.2) is 54.6 Å². The highest BCUT2D eigenvalue weighted by atomic mass is 16.5. The Labute approximate surface area is 139 Å². The fraction of sp³-hybridized carbons (Fsp3) is 0.263. The highest BCUT2D eigenvalue weighted by Gasteiger charge is 2.50. The summed E-state index contributed by atoms with van der Waals surface area (Å²) in [5.74, 6) is -2.16. The van der Waals surface area contributed by atoms with Crippen molar-refractivity contribution in [2.75, 3.05) is 0 Å². The van der Waals surface area contributed by atoms with Gasteiger partial charge in [0.1, 0.15) is 11.7 Å². The van der Waals surface area contributed by atoms with Crippen molar-refractivity contribution in [1.82, 2.24) is 4.90 Å². The van der Waals surface area contributed by atoms with Crippen LogP contribution in [0, 0.1) is 5.92 Å². The number of hydrogen-bond acceptors (Lipinski definition) is 3. The van der Waals surface area contributed by atoms with Gasteiger partial charge in [0.25, 0.3) is 0 Å². The molecule has 5 nitrogen and oxygen atoms in total. The molecular weight excluding hydrogens is 306 g/mol. The summed E-state index contributed by atoms with van der Waals surface area (Å²) in [5, 5.41) is 9.64. The predicted octanol–water partition coefficient (Wildman–Crippen LogP) is 2.62. The molecule has 2 bridgehead atoms. The molecule has 0 saturated carbocycles. The molecule has 0 aromatic heterocycles. The molecule has 0 unspecified atom stereocenters. The first kappa shape index (κ1) is 14.8. The first-order valence-electron chi connectivity index (χ1n) is 7.98. The van der Waals surface area contributed by atoms with Gasteiger partial charge in [0, 0.05) is 18.9 Å². The molecule has 0 spiro atoms. The summed E-state index contributed by atoms with van der Waals surface area (Å²) in [5.41, 5.74) is 1.77. The number of piperidine rings is 1. The van der Waals surface area contributed by atoms with Crippen LogP contribution in [0.5, 0.6) is 5.75 Å². The number of benzene rings is 2. The number of nitrogens with zero attached hydrogens (tertiary/aromatic N) is 1. The lowest BCUT2D eigenvalue weighted by molar-refractivity contribution is -0.166. The second-order valence-electron chi connectivity index (χ2n) is 6.22. The van der Waals surface area contributed by atoms with E-state index in [1.807, 2.05) is 54.6 Å². The average Bonchev–Trinajstić information content (AvgIpc) is 2.59. The van der Waals surface area contributed by atoms with E-state index < -0.39 is 18.1 Å². The molecule has 1 fully saturated rings. The lowest BCUT2D eigenvalue weighted by atomic mass is 9.77. The van der Waals surface area contributed by atoms with Crippen LogP contribution >= 0.6 is 0 Å². The Morgan fingerprint density at radius 1 is 1.12 bits per heavy atom. The number of hydrogen-bond donors (Lipinski definition) is 1. The number of amides is 1. The second-order valence-corrected chi connectivity index (χ2v) is 6.22. The van der Waals surface area contributed by atoms with Crippen LogP contribution < -0.4 is 4.74 Å². The number of carbonyl (C=O) groups excluding carboxylic acids is 1. The lowest BCUT2D eigenvalue weighted by Crippen LogP contribution is -2.56. The van der Waals surface area contributed by atoms with Gasteiger partial charge in [-0.05, 0) is 17.2 Å². The predicted molar refractivity (Wildman–Crippen MR) is 86.3 cm³/mol. The Hall–Kier alpha value is -2.82. The number of carboxylic acid groups (broad SMARTS) is 1. The molecule has 4 rings (SSSR count). The molecule has 1 amide bonds. The summed E-state index contributed by atoms with van der Waals surface area (Å²) in [4.78, 5) is 26.2. The summed E-state index contributed by atoms with van der Waals surface area (Å²) in [6.45, 7) is 0.350. The standard InChI is InChI=1S/C19H17NO4/c21-18-17(19(22)23)14-10-16(24-15-9-5-4-8-13(14)15)20(18)11-12-6-2-1-3-7-12/h1-9,14,16-17H,10-11H2,(H,22,23)/t14-,16+,17+/m0/s1. The van der Waals surface area contributed by atoms with Gasteiger partial charge in [-0.1, -0.05) is 48.5 Å². The maximum atomic E-state index is 12.9. The third kappa shape index (κ3) is 2.33. The van der Waals surface area contributed by atoms with Crippen molar-refractivity contribution in [3.05, 3.63) is 65.7 Å². The minimum atomic E-state index is -1.07. The van der Waals surface area contributed by atoms with Gasteiger partial charge in [0.15, 0.2) is 6.23 Å². The molecule has 1 N–H and O–H groups in total. The smallest absolute Gasteiger partial charge is 0.316 e. The average molecular weight is 323 g/mol. The molecule has 2 aromatic rings. The van der Waals surface area contributed by atoms with E-state index in [2.05, 4.69) is 0 Å². The van der Waals surface area contributed by atoms with E-state index in [9.17, 15) is 14.7 Å². The van der Waals surface area contributed by atoms with Crippen molar-refractivity contribution in [2.45, 2.75) is 25.1 Å². The van der Waals surface area contributed by atoms with Crippen LogP contribution in [0.25, 0.3) is 0 Å². The zero-order valence-electron chi connectivity index (χ0n) is 13.0. The van der Waals surface area contributed by atoms with Gasteiger partial charge in [0.2, 0.25) is 5.91 Å². The molecule has 1 saturated heterocycles. The van der Waals surface area contributed by atoms with Crippen molar-refractivity contribution in [3.8, 4) is 5.75 Å². The Morgan fingerprint density at radius 3 is 2.58 bits per heavy atom. The SMILES string of the molecule is O=C(O)[C@H]1C(=O)N(Cc2ccccc2)[C@H]2C[C@H]1c1ccccc1O2. The van der Waals surface area contributed by atoms with Crippen molar-refractivity contribution in [3.63, 3.8) is 0 Å². The molecule has 0 aliphatic carbocycles. The molecule has 2 aliphatic rings. The molecule has 2 aromatic carbocycles. The highest BCUT2D eigenvalue weighted by Crippen LogP contribution is 2.45. The van der Waals surface area contributed by atoms with Crippen LogP contribution in [-0.2, 0) is 16.1 Å². The number of likely N-dealkylation sites (tertiary alicyclic amines) is 1. The van der Waals surface area contributed by atoms with Crippen LogP contribution in [0.4, 0.5) is 0 Å². The van der Waals surface area contributed by atoms with E-state index in [-0.39, 0.29) is 11.8 Å². The highest BCUT2D eigenvalue weighted by molar-refractivity contribution is 5.99. The molecule has 24 heavy (non-hydrogen) atoms. The third-order valence-corrected chi connectivity index (χ3v) is 4.80. The van der Waals surface area contributed by atoms with E-state index in [1.54, 1.807) is 4.90 Å². The van der Waals surface area contributed by atoms with Crippen LogP contribution in [0.2, 0.25) is 0 Å². The number of para-hydroxylation sites is 1. The normalized spacial score (nSPS) is 24.9. The van der Waals surface area contributed by atoms with Crippen molar-refractivity contribution >= 4 is 11.9 Å². The van der Waals surface area contributed by atoms with Gasteiger partial charge < -0.3 is 14.7 Å². The second kappa shape index (κ2) is 5.67. The van der Waals surface area contributed by atoms with Gasteiger partial charge in [-0.15, -0.1) is 0 Å². The number of carboxylic acids is 1. The van der Waals surface area contributed by atoms with Crippen LogP contribution in [0.3, 0.4) is 0 Å². The molecule has 5 heteroatoms. The number of ether oxygens (including phenoxy) is 1. The largest absolute Gasteiger partial charge is 0.481 e. The summed E-state index contributed by atoms with van der Waals surface area (Å²) in [6, 6.07) is 17.0. The van der Waals surface area contributed by atoms with Crippen LogP contribution in [-0.4, -0.2) is 28.1 Å². The number of rotatable bonds is 3. The first-order chi connectivity index (χ1) is 11.6. The van der Waals surface area contributed by atoms with E-state index in [1.165, 1.54) is 0 Å². The summed E-state index contributed by atoms with van der Waals surface area (Å²) in [7, 11) is 0. The lowest BCUT2D eigenvalue weighted by Gasteiger charge is -2.45. The maximum Gasteiger partial charge on any atom is 0.316 e. The maximum absolute atomic E-state index is 12.9. The number of carbonyl (C=O) groups is 2. The third-order valence-electron chi connectivity index (χ3n) is 4.80. The first-order valence-corrected chi connectivity index (χ1v) is 7.98. The zero-order valence-corrected chi connectivity index (χ0v) is 13.0. The van der Waals surface area contributed by atoms with E-state index in [0.29, 0.717) is 18.7 Å². The monoisotopic (exact) mass is 323 g/mol. The molecule has 2 heterocycles. The molecular formula is C19H17NO4. The number of aliphatic carboxylic acids is 1. The topological polar surface area (TPSA) is 66.8 Å². The molecule has 122 valence electrons. The van der Waals surface area contributed by atoms with Crippen molar-refractivity contribution < 1.29 is 19.4 Å². The Balaban J connectivity index is 1.73. The number of fused-ring (bicyclic) bond motifs is 4. The Morgan fingerprint density at radius 2 is 1.83 bits per heavy atom.